The van der Waals surface area contributed by atoms with Gasteiger partial charge in [-0.05, 0) is 31.6 Å². The first-order chi connectivity index (χ1) is 6.80. The van der Waals surface area contributed by atoms with Gasteiger partial charge in [-0.2, -0.15) is 5.26 Å². The zero-order valence-corrected chi connectivity index (χ0v) is 8.62. The SMILES string of the molecule is CCCCON=C(C#N)C12CC(C1)C2. The van der Waals surface area contributed by atoms with Gasteiger partial charge in [0.05, 0.1) is 0 Å². The molecule has 3 aliphatic rings. The van der Waals surface area contributed by atoms with Gasteiger partial charge in [0.2, 0.25) is 0 Å². The Morgan fingerprint density at radius 1 is 1.57 bits per heavy atom. The Kier molecular flexibility index (Phi) is 2.45. The van der Waals surface area contributed by atoms with E-state index in [2.05, 4.69) is 18.1 Å². The lowest BCUT2D eigenvalue weighted by Gasteiger charge is -2.60. The third-order valence-electron chi connectivity index (χ3n) is 3.39. The van der Waals surface area contributed by atoms with E-state index in [1.54, 1.807) is 0 Å². The molecule has 0 N–H and O–H groups in total. The molecule has 3 nitrogen and oxygen atoms in total. The van der Waals surface area contributed by atoms with Crippen molar-refractivity contribution in [3.8, 4) is 6.07 Å². The monoisotopic (exact) mass is 192 g/mol. The van der Waals surface area contributed by atoms with E-state index in [1.165, 1.54) is 0 Å². The van der Waals surface area contributed by atoms with Gasteiger partial charge < -0.3 is 4.84 Å². The van der Waals surface area contributed by atoms with Gasteiger partial charge in [0.1, 0.15) is 12.7 Å². The van der Waals surface area contributed by atoms with Crippen LogP contribution in [0.25, 0.3) is 0 Å². The van der Waals surface area contributed by atoms with Crippen LogP contribution in [0.5, 0.6) is 0 Å². The normalized spacial score (nSPS) is 34.0. The van der Waals surface area contributed by atoms with Gasteiger partial charge in [0.25, 0.3) is 0 Å². The predicted molar refractivity (Wildman–Crippen MR) is 53.7 cm³/mol. The van der Waals surface area contributed by atoms with Crippen molar-refractivity contribution < 1.29 is 4.84 Å². The van der Waals surface area contributed by atoms with Crippen LogP contribution in [0, 0.1) is 22.7 Å². The number of nitrogens with zero attached hydrogens (tertiary/aromatic N) is 2. The van der Waals surface area contributed by atoms with Gasteiger partial charge in [-0.1, -0.05) is 18.5 Å². The number of oxime groups is 1. The van der Waals surface area contributed by atoms with Gasteiger partial charge in [-0.15, -0.1) is 0 Å². The number of hydrogen-bond acceptors (Lipinski definition) is 3. The minimum atomic E-state index is 0.144. The van der Waals surface area contributed by atoms with Gasteiger partial charge in [-0.25, -0.2) is 0 Å². The predicted octanol–water partition coefficient (Wildman–Crippen LogP) is 2.48. The third-order valence-corrected chi connectivity index (χ3v) is 3.39. The number of hydrogen-bond donors (Lipinski definition) is 0. The Hall–Kier alpha value is -1.04. The van der Waals surface area contributed by atoms with Crippen molar-refractivity contribution in [3.63, 3.8) is 0 Å². The van der Waals surface area contributed by atoms with E-state index in [4.69, 9.17) is 10.1 Å². The highest BCUT2D eigenvalue weighted by molar-refractivity contribution is 6.04. The summed E-state index contributed by atoms with van der Waals surface area (Å²) >= 11 is 0. The molecule has 0 amide bonds. The van der Waals surface area contributed by atoms with Crippen molar-refractivity contribution in [2.75, 3.05) is 6.61 Å². The second-order valence-electron chi connectivity index (χ2n) is 4.50. The molecule has 76 valence electrons. The molecule has 0 unspecified atom stereocenters. The summed E-state index contributed by atoms with van der Waals surface area (Å²) in [5.41, 5.74) is 0.780. The summed E-state index contributed by atoms with van der Waals surface area (Å²) in [4.78, 5) is 5.14. The van der Waals surface area contributed by atoms with Crippen LogP contribution in [0.3, 0.4) is 0 Å². The summed E-state index contributed by atoms with van der Waals surface area (Å²) in [5, 5.41) is 12.9. The molecule has 0 saturated heterocycles. The van der Waals surface area contributed by atoms with Gasteiger partial charge in [0, 0.05) is 5.41 Å². The summed E-state index contributed by atoms with van der Waals surface area (Å²) in [6.07, 6.45) is 5.60. The fraction of sp³-hybridized carbons (Fsp3) is 0.818. The quantitative estimate of drug-likeness (QED) is 0.381. The van der Waals surface area contributed by atoms with Crippen LogP contribution in [0.2, 0.25) is 0 Å². The average molecular weight is 192 g/mol. The van der Waals surface area contributed by atoms with Crippen molar-refractivity contribution in [1.29, 1.82) is 5.26 Å². The van der Waals surface area contributed by atoms with Crippen molar-refractivity contribution in [1.82, 2.24) is 0 Å². The summed E-state index contributed by atoms with van der Waals surface area (Å²) in [6.45, 7) is 2.75. The topological polar surface area (TPSA) is 45.4 Å². The molecule has 3 aliphatic carbocycles. The summed E-state index contributed by atoms with van der Waals surface area (Å²) < 4.78 is 0. The third kappa shape index (κ3) is 1.39. The Labute approximate surface area is 84.7 Å². The van der Waals surface area contributed by atoms with Gasteiger partial charge >= 0.3 is 0 Å². The van der Waals surface area contributed by atoms with E-state index in [1.807, 2.05) is 0 Å². The highest BCUT2D eigenvalue weighted by Crippen LogP contribution is 2.65. The van der Waals surface area contributed by atoms with Gasteiger partial charge in [-0.3, -0.25) is 0 Å². The largest absolute Gasteiger partial charge is 0.395 e. The molecule has 14 heavy (non-hydrogen) atoms. The molecule has 3 heteroatoms. The lowest BCUT2D eigenvalue weighted by atomic mass is 9.43. The molecule has 0 aliphatic heterocycles. The van der Waals surface area contributed by atoms with Crippen LogP contribution < -0.4 is 0 Å². The molecule has 0 radical (unpaired) electrons. The minimum Gasteiger partial charge on any atom is -0.395 e. The fourth-order valence-electron chi connectivity index (χ4n) is 2.32. The average Bonchev–Trinajstić information content (AvgIpc) is 2.04. The second kappa shape index (κ2) is 3.61. The van der Waals surface area contributed by atoms with Crippen LogP contribution in [-0.2, 0) is 4.84 Å². The molecule has 0 heterocycles. The Morgan fingerprint density at radius 2 is 2.29 bits per heavy atom. The molecule has 2 bridgehead atoms. The molecule has 3 rings (SSSR count). The molecular weight excluding hydrogens is 176 g/mol. The van der Waals surface area contributed by atoms with Crippen LogP contribution in [0.1, 0.15) is 39.0 Å². The van der Waals surface area contributed by atoms with Crippen molar-refractivity contribution >= 4 is 5.71 Å². The van der Waals surface area contributed by atoms with Crippen molar-refractivity contribution in [3.05, 3.63) is 0 Å². The van der Waals surface area contributed by atoms with Crippen LogP contribution >= 0.6 is 0 Å². The van der Waals surface area contributed by atoms with Crippen LogP contribution in [0.4, 0.5) is 0 Å². The van der Waals surface area contributed by atoms with Crippen molar-refractivity contribution in [2.24, 2.45) is 16.5 Å². The molecule has 0 aromatic rings. The van der Waals surface area contributed by atoms with Crippen molar-refractivity contribution in [2.45, 2.75) is 39.0 Å². The molecule has 3 saturated carbocycles. The maximum Gasteiger partial charge on any atom is 0.163 e. The first-order valence-electron chi connectivity index (χ1n) is 5.41. The molecule has 3 fully saturated rings. The minimum absolute atomic E-state index is 0.144. The lowest BCUT2D eigenvalue weighted by Crippen LogP contribution is -2.56. The fourth-order valence-corrected chi connectivity index (χ4v) is 2.32. The van der Waals surface area contributed by atoms with E-state index in [0.29, 0.717) is 12.3 Å². The van der Waals surface area contributed by atoms with Gasteiger partial charge in [0.15, 0.2) is 5.71 Å². The Morgan fingerprint density at radius 3 is 2.71 bits per heavy atom. The lowest BCUT2D eigenvalue weighted by molar-refractivity contribution is -0.0427. The molecule has 0 aromatic carbocycles. The highest BCUT2D eigenvalue weighted by Gasteiger charge is 2.60. The number of rotatable bonds is 5. The first kappa shape index (κ1) is 9.51. The van der Waals surface area contributed by atoms with Crippen LogP contribution in [0.15, 0.2) is 5.16 Å². The van der Waals surface area contributed by atoms with E-state index >= 15 is 0 Å². The number of nitriles is 1. The summed E-state index contributed by atoms with van der Waals surface area (Å²) in [7, 11) is 0. The maximum atomic E-state index is 8.95. The second-order valence-corrected chi connectivity index (χ2v) is 4.50. The Bertz CT molecular complexity index is 273. The summed E-state index contributed by atoms with van der Waals surface area (Å²) in [5.74, 6) is 0.879. The highest BCUT2D eigenvalue weighted by atomic mass is 16.6. The molecule has 0 aromatic heterocycles. The van der Waals surface area contributed by atoms with Crippen LogP contribution in [-0.4, -0.2) is 12.3 Å². The number of unbranched alkanes of at least 4 members (excludes halogenated alkanes) is 1. The Balaban J connectivity index is 1.84. The zero-order valence-electron chi connectivity index (χ0n) is 8.62. The van der Waals surface area contributed by atoms with E-state index < -0.39 is 0 Å². The van der Waals surface area contributed by atoms with E-state index in [0.717, 1.165) is 38.0 Å². The van der Waals surface area contributed by atoms with E-state index in [-0.39, 0.29) is 5.41 Å². The molecular formula is C11H16N2O. The maximum absolute atomic E-state index is 8.95. The zero-order chi connectivity index (χ0) is 10.0. The first-order valence-corrected chi connectivity index (χ1v) is 5.41. The summed E-state index contributed by atoms with van der Waals surface area (Å²) in [6, 6.07) is 2.18. The standard InChI is InChI=1S/C11H16N2O/c1-2-3-4-14-13-10(8-12)11-5-9(6-11)7-11/h9H,2-7H2,1H3. The molecule has 0 spiro atoms. The molecule has 0 atom stereocenters. The smallest absolute Gasteiger partial charge is 0.163 e. The van der Waals surface area contributed by atoms with E-state index in [9.17, 15) is 0 Å².